The lowest BCUT2D eigenvalue weighted by atomic mass is 10.1. The van der Waals surface area contributed by atoms with E-state index in [0.29, 0.717) is 29.7 Å². The van der Waals surface area contributed by atoms with Gasteiger partial charge in [-0.25, -0.2) is 0 Å². The van der Waals surface area contributed by atoms with Gasteiger partial charge in [-0.05, 0) is 55.3 Å². The lowest BCUT2D eigenvalue weighted by molar-refractivity contribution is -0.118. The quantitative estimate of drug-likeness (QED) is 0.864. The minimum absolute atomic E-state index is 0.0580. The van der Waals surface area contributed by atoms with Gasteiger partial charge in [-0.2, -0.15) is 0 Å². The van der Waals surface area contributed by atoms with Crippen molar-refractivity contribution in [2.45, 2.75) is 13.8 Å². The summed E-state index contributed by atoms with van der Waals surface area (Å²) in [5.74, 6) is 0.461. The van der Waals surface area contributed by atoms with E-state index in [2.05, 4.69) is 10.2 Å². The van der Waals surface area contributed by atoms with Gasteiger partial charge >= 0.3 is 0 Å². The average Bonchev–Trinajstić information content (AvgIpc) is 2.63. The molecule has 26 heavy (non-hydrogen) atoms. The maximum Gasteiger partial charge on any atom is 0.262 e. The molecular weight excluding hydrogens is 352 g/mol. The Bertz CT molecular complexity index is 789. The van der Waals surface area contributed by atoms with Crippen molar-refractivity contribution >= 4 is 28.9 Å². The van der Waals surface area contributed by atoms with Crippen LogP contribution in [0.4, 0.5) is 11.4 Å². The number of halogens is 1. The summed E-state index contributed by atoms with van der Waals surface area (Å²) >= 11 is 6.12. The van der Waals surface area contributed by atoms with E-state index in [1.54, 1.807) is 6.07 Å². The van der Waals surface area contributed by atoms with E-state index >= 15 is 0 Å². The van der Waals surface area contributed by atoms with Crippen LogP contribution < -0.4 is 15.0 Å². The Morgan fingerprint density at radius 1 is 1.15 bits per heavy atom. The van der Waals surface area contributed by atoms with Crippen LogP contribution in [-0.4, -0.2) is 38.8 Å². The molecule has 0 saturated carbocycles. The Kier molecular flexibility index (Phi) is 6.01. The van der Waals surface area contributed by atoms with E-state index in [-0.39, 0.29) is 12.5 Å². The van der Waals surface area contributed by atoms with Crippen LogP contribution in [0.5, 0.6) is 5.75 Å². The number of hydrogen-bond acceptors (Lipinski definition) is 4. The highest BCUT2D eigenvalue weighted by molar-refractivity contribution is 6.31. The molecule has 5 nitrogen and oxygen atoms in total. The summed E-state index contributed by atoms with van der Waals surface area (Å²) in [5.41, 5.74) is 3.95. The Labute approximate surface area is 158 Å². The predicted octanol–water partition coefficient (Wildman–Crippen LogP) is 3.81. The van der Waals surface area contributed by atoms with E-state index < -0.39 is 0 Å². The number of carbonyl (C=O) groups excluding carboxylic acids is 1. The van der Waals surface area contributed by atoms with Gasteiger partial charge in [0.25, 0.3) is 5.91 Å². The normalized spacial score (nSPS) is 14.2. The first-order valence-electron chi connectivity index (χ1n) is 8.65. The van der Waals surface area contributed by atoms with Crippen molar-refractivity contribution in [1.82, 2.24) is 0 Å². The van der Waals surface area contributed by atoms with Crippen molar-refractivity contribution in [3.8, 4) is 5.75 Å². The second kappa shape index (κ2) is 8.43. The summed E-state index contributed by atoms with van der Waals surface area (Å²) in [6.07, 6.45) is 0. The molecule has 0 aromatic heterocycles. The zero-order valence-corrected chi connectivity index (χ0v) is 15.8. The number of nitrogens with zero attached hydrogens (tertiary/aromatic N) is 1. The molecule has 6 heteroatoms. The minimum Gasteiger partial charge on any atom is -0.484 e. The molecular formula is C20H23ClN2O3. The molecule has 1 aliphatic rings. The van der Waals surface area contributed by atoms with Crippen molar-refractivity contribution < 1.29 is 14.3 Å². The molecule has 0 spiro atoms. The molecule has 1 heterocycles. The number of carbonyl (C=O) groups is 1. The van der Waals surface area contributed by atoms with Gasteiger partial charge in [0.2, 0.25) is 0 Å². The van der Waals surface area contributed by atoms with Crippen molar-refractivity contribution in [1.29, 1.82) is 0 Å². The van der Waals surface area contributed by atoms with Gasteiger partial charge in [0.1, 0.15) is 5.75 Å². The van der Waals surface area contributed by atoms with E-state index in [9.17, 15) is 4.79 Å². The van der Waals surface area contributed by atoms with E-state index in [1.165, 1.54) is 5.56 Å². The first kappa shape index (κ1) is 18.5. The summed E-state index contributed by atoms with van der Waals surface area (Å²) in [4.78, 5) is 14.5. The number of amides is 1. The Balaban J connectivity index is 1.66. The number of benzene rings is 2. The topological polar surface area (TPSA) is 50.8 Å². The third-order valence-electron chi connectivity index (χ3n) is 4.43. The highest BCUT2D eigenvalue weighted by Crippen LogP contribution is 2.30. The number of hydrogen-bond donors (Lipinski definition) is 1. The van der Waals surface area contributed by atoms with E-state index in [4.69, 9.17) is 21.1 Å². The molecule has 1 aliphatic heterocycles. The predicted molar refractivity (Wildman–Crippen MR) is 105 cm³/mol. The lowest BCUT2D eigenvalue weighted by Gasteiger charge is -2.30. The van der Waals surface area contributed by atoms with Gasteiger partial charge in [0, 0.05) is 18.1 Å². The largest absolute Gasteiger partial charge is 0.484 e. The molecule has 0 bridgehead atoms. The Hall–Kier alpha value is -2.24. The molecule has 0 atom stereocenters. The van der Waals surface area contributed by atoms with Gasteiger partial charge in [0.05, 0.1) is 24.6 Å². The van der Waals surface area contributed by atoms with Crippen LogP contribution in [0.2, 0.25) is 5.02 Å². The Morgan fingerprint density at radius 2 is 1.92 bits per heavy atom. The van der Waals surface area contributed by atoms with Crippen molar-refractivity contribution in [2.24, 2.45) is 0 Å². The van der Waals surface area contributed by atoms with Crippen LogP contribution in [-0.2, 0) is 9.53 Å². The Morgan fingerprint density at radius 3 is 2.65 bits per heavy atom. The van der Waals surface area contributed by atoms with Crippen LogP contribution in [0.1, 0.15) is 11.1 Å². The van der Waals surface area contributed by atoms with Crippen LogP contribution in [0.25, 0.3) is 0 Å². The second-order valence-corrected chi connectivity index (χ2v) is 6.78. The summed E-state index contributed by atoms with van der Waals surface area (Å²) in [6.45, 7) is 6.91. The smallest absolute Gasteiger partial charge is 0.262 e. The third-order valence-corrected chi connectivity index (χ3v) is 4.67. The highest BCUT2D eigenvalue weighted by atomic mass is 35.5. The first-order valence-corrected chi connectivity index (χ1v) is 9.03. The SMILES string of the molecule is Cc1ccc(OCC(=O)Nc2cc(Cl)ccc2N2CCOCC2)cc1C. The average molecular weight is 375 g/mol. The lowest BCUT2D eigenvalue weighted by Crippen LogP contribution is -2.37. The van der Waals surface area contributed by atoms with Crippen LogP contribution in [0.15, 0.2) is 36.4 Å². The molecule has 0 aliphatic carbocycles. The standard InChI is InChI=1S/C20H23ClN2O3/c1-14-3-5-17(11-15(14)2)26-13-20(24)22-18-12-16(21)4-6-19(18)23-7-9-25-10-8-23/h3-6,11-12H,7-10,13H2,1-2H3,(H,22,24). The van der Waals surface area contributed by atoms with Crippen molar-refractivity contribution in [3.05, 3.63) is 52.5 Å². The molecule has 2 aromatic rings. The second-order valence-electron chi connectivity index (χ2n) is 6.34. The highest BCUT2D eigenvalue weighted by Gasteiger charge is 2.16. The number of anilines is 2. The fraction of sp³-hybridized carbons (Fsp3) is 0.350. The molecule has 138 valence electrons. The van der Waals surface area contributed by atoms with Gasteiger partial charge in [0.15, 0.2) is 6.61 Å². The van der Waals surface area contributed by atoms with Gasteiger partial charge in [-0.15, -0.1) is 0 Å². The molecule has 1 fully saturated rings. The molecule has 0 unspecified atom stereocenters. The number of nitrogens with one attached hydrogen (secondary N) is 1. The zero-order chi connectivity index (χ0) is 18.5. The van der Waals surface area contributed by atoms with Crippen LogP contribution >= 0.6 is 11.6 Å². The van der Waals surface area contributed by atoms with Crippen molar-refractivity contribution in [2.75, 3.05) is 43.1 Å². The van der Waals surface area contributed by atoms with Gasteiger partial charge < -0.3 is 19.7 Å². The first-order chi connectivity index (χ1) is 12.5. The van der Waals surface area contributed by atoms with Gasteiger partial charge in [-0.3, -0.25) is 4.79 Å². The van der Waals surface area contributed by atoms with Crippen LogP contribution in [0.3, 0.4) is 0 Å². The molecule has 1 amide bonds. The van der Waals surface area contributed by atoms with E-state index in [1.807, 2.05) is 44.2 Å². The molecule has 1 saturated heterocycles. The van der Waals surface area contributed by atoms with Crippen LogP contribution in [0, 0.1) is 13.8 Å². The minimum atomic E-state index is -0.222. The number of rotatable bonds is 5. The number of morpholine rings is 1. The third kappa shape index (κ3) is 4.68. The fourth-order valence-electron chi connectivity index (χ4n) is 2.83. The number of ether oxygens (including phenoxy) is 2. The molecule has 2 aromatic carbocycles. The molecule has 1 N–H and O–H groups in total. The summed E-state index contributed by atoms with van der Waals surface area (Å²) in [5, 5.41) is 3.49. The summed E-state index contributed by atoms with van der Waals surface area (Å²) < 4.78 is 11.0. The summed E-state index contributed by atoms with van der Waals surface area (Å²) in [6, 6.07) is 11.3. The molecule has 3 rings (SSSR count). The fourth-order valence-corrected chi connectivity index (χ4v) is 3.00. The van der Waals surface area contributed by atoms with Crippen molar-refractivity contribution in [3.63, 3.8) is 0 Å². The zero-order valence-electron chi connectivity index (χ0n) is 15.0. The molecule has 0 radical (unpaired) electrons. The maximum absolute atomic E-state index is 12.4. The monoisotopic (exact) mass is 374 g/mol. The maximum atomic E-state index is 12.4. The van der Waals surface area contributed by atoms with Gasteiger partial charge in [-0.1, -0.05) is 17.7 Å². The summed E-state index contributed by atoms with van der Waals surface area (Å²) in [7, 11) is 0. The number of aryl methyl sites for hydroxylation is 2. The van der Waals surface area contributed by atoms with E-state index in [0.717, 1.165) is 24.3 Å².